The molecule has 0 fully saturated rings. The van der Waals surface area contributed by atoms with E-state index in [9.17, 15) is 9.59 Å². The van der Waals surface area contributed by atoms with E-state index in [1.165, 1.54) is 21.0 Å². The van der Waals surface area contributed by atoms with E-state index in [1.807, 2.05) is 19.6 Å². The van der Waals surface area contributed by atoms with Crippen molar-refractivity contribution in [3.05, 3.63) is 0 Å². The molecule has 0 amide bonds. The third-order valence-corrected chi connectivity index (χ3v) is 2.19. The van der Waals surface area contributed by atoms with Gasteiger partial charge >= 0.3 is 12.1 Å². The molecular formula is C9H18O5Si. The van der Waals surface area contributed by atoms with Crippen LogP contribution in [0, 0.1) is 0 Å². The molecule has 88 valence electrons. The maximum Gasteiger partial charge on any atom is 0.509 e. The van der Waals surface area contributed by atoms with Gasteiger partial charge in [0.25, 0.3) is 0 Å². The van der Waals surface area contributed by atoms with E-state index in [4.69, 9.17) is 9.16 Å². The fraction of sp³-hybridized carbons (Fsp3) is 0.778. The molecule has 0 unspecified atom stereocenters. The van der Waals surface area contributed by atoms with Crippen molar-refractivity contribution >= 4 is 20.4 Å². The zero-order valence-corrected chi connectivity index (χ0v) is 11.0. The van der Waals surface area contributed by atoms with Crippen LogP contribution in [0.25, 0.3) is 0 Å². The van der Waals surface area contributed by atoms with Crippen molar-refractivity contribution in [2.45, 2.75) is 39.1 Å². The smallest absolute Gasteiger partial charge is 0.509 e. The number of rotatable bonds is 3. The summed E-state index contributed by atoms with van der Waals surface area (Å²) in [4.78, 5) is 22.5. The molecule has 0 spiro atoms. The molecule has 0 aromatic carbocycles. The lowest BCUT2D eigenvalue weighted by Gasteiger charge is -2.26. The molecule has 0 aromatic rings. The van der Waals surface area contributed by atoms with Crippen molar-refractivity contribution < 1.29 is 23.5 Å². The fourth-order valence-electron chi connectivity index (χ4n) is 0.693. The largest absolute Gasteiger partial charge is 0.517 e. The van der Waals surface area contributed by atoms with Gasteiger partial charge in [-0.25, -0.2) is 9.59 Å². The second kappa shape index (κ2) is 4.65. The summed E-state index contributed by atoms with van der Waals surface area (Å²) < 4.78 is 14.3. The van der Waals surface area contributed by atoms with Gasteiger partial charge in [-0.3, -0.25) is 0 Å². The second-order valence-corrected chi connectivity index (χ2v) is 9.00. The monoisotopic (exact) mass is 234 g/mol. The molecule has 0 aromatic heterocycles. The number of hydrogen-bond acceptors (Lipinski definition) is 5. The molecular weight excluding hydrogens is 216 g/mol. The molecule has 0 bridgehead atoms. The topological polar surface area (TPSA) is 61.8 Å². The average molecular weight is 234 g/mol. The van der Waals surface area contributed by atoms with Crippen LogP contribution in [-0.2, 0) is 18.7 Å². The standard InChI is InChI=1S/C9H18O5Si/c1-9(2,13-8(11)12-3)7(10)14-15(4,5)6/h1-6H3. The van der Waals surface area contributed by atoms with Crippen molar-refractivity contribution in [3.63, 3.8) is 0 Å². The highest BCUT2D eigenvalue weighted by atomic mass is 28.4. The van der Waals surface area contributed by atoms with Crippen LogP contribution in [0.2, 0.25) is 19.6 Å². The second-order valence-electron chi connectivity index (χ2n) is 4.57. The van der Waals surface area contributed by atoms with Gasteiger partial charge in [0.2, 0.25) is 13.9 Å². The van der Waals surface area contributed by atoms with Crippen molar-refractivity contribution in [2.75, 3.05) is 7.11 Å². The minimum atomic E-state index is -1.97. The van der Waals surface area contributed by atoms with Gasteiger partial charge in [-0.2, -0.15) is 0 Å². The Hall–Kier alpha value is -1.04. The third kappa shape index (κ3) is 5.41. The molecule has 0 saturated carbocycles. The van der Waals surface area contributed by atoms with Crippen LogP contribution in [0.15, 0.2) is 0 Å². The Kier molecular flexibility index (Phi) is 4.33. The summed E-state index contributed by atoms with van der Waals surface area (Å²) in [6, 6.07) is 0. The summed E-state index contributed by atoms with van der Waals surface area (Å²) in [5.41, 5.74) is -1.31. The van der Waals surface area contributed by atoms with E-state index in [-0.39, 0.29) is 0 Å². The number of methoxy groups -OCH3 is 1. The highest BCUT2D eigenvalue weighted by Gasteiger charge is 2.37. The Bertz CT molecular complexity index is 254. The predicted molar refractivity (Wildman–Crippen MR) is 57.0 cm³/mol. The van der Waals surface area contributed by atoms with Crippen molar-refractivity contribution in [2.24, 2.45) is 0 Å². The van der Waals surface area contributed by atoms with Gasteiger partial charge in [0.1, 0.15) is 0 Å². The maximum atomic E-state index is 11.6. The number of carbonyl (C=O) groups is 2. The molecule has 0 saturated heterocycles. The van der Waals surface area contributed by atoms with E-state index < -0.39 is 26.0 Å². The van der Waals surface area contributed by atoms with Crippen molar-refractivity contribution in [1.29, 1.82) is 0 Å². The van der Waals surface area contributed by atoms with Crippen LogP contribution in [-0.4, -0.2) is 33.2 Å². The van der Waals surface area contributed by atoms with E-state index in [0.29, 0.717) is 0 Å². The molecule has 0 aliphatic heterocycles. The summed E-state index contributed by atoms with van der Waals surface area (Å²) in [7, 11) is -0.790. The molecule has 0 aliphatic carbocycles. The lowest BCUT2D eigenvalue weighted by atomic mass is 10.1. The SMILES string of the molecule is COC(=O)OC(C)(C)C(=O)O[Si](C)(C)C. The first-order chi connectivity index (χ1) is 6.58. The molecule has 15 heavy (non-hydrogen) atoms. The van der Waals surface area contributed by atoms with Gasteiger partial charge in [0, 0.05) is 0 Å². The van der Waals surface area contributed by atoms with Crippen LogP contribution >= 0.6 is 0 Å². The predicted octanol–water partition coefficient (Wildman–Crippen LogP) is 1.93. The quantitative estimate of drug-likeness (QED) is 0.551. The van der Waals surface area contributed by atoms with Gasteiger partial charge in [0.15, 0.2) is 0 Å². The van der Waals surface area contributed by atoms with E-state index in [0.717, 1.165) is 0 Å². The van der Waals surface area contributed by atoms with Gasteiger partial charge in [-0.1, -0.05) is 0 Å². The van der Waals surface area contributed by atoms with E-state index in [1.54, 1.807) is 0 Å². The normalized spacial score (nSPS) is 11.9. The molecule has 6 heteroatoms. The Morgan fingerprint density at radius 2 is 1.60 bits per heavy atom. The lowest BCUT2D eigenvalue weighted by Crippen LogP contribution is -2.43. The Balaban J connectivity index is 4.46. The minimum absolute atomic E-state index is 0.549. The zero-order valence-electron chi connectivity index (χ0n) is 10.0. The molecule has 0 aliphatic rings. The minimum Gasteiger partial charge on any atom is -0.517 e. The molecule has 0 heterocycles. The number of hydrogen-bond donors (Lipinski definition) is 0. The number of ether oxygens (including phenoxy) is 2. The summed E-state index contributed by atoms with van der Waals surface area (Å²) >= 11 is 0. The van der Waals surface area contributed by atoms with Crippen LogP contribution in [0.4, 0.5) is 4.79 Å². The summed E-state index contributed by atoms with van der Waals surface area (Å²) in [6.45, 7) is 8.55. The van der Waals surface area contributed by atoms with Gasteiger partial charge in [-0.05, 0) is 33.5 Å². The highest BCUT2D eigenvalue weighted by molar-refractivity contribution is 6.71. The first-order valence-electron chi connectivity index (χ1n) is 4.59. The van der Waals surface area contributed by atoms with Crippen LogP contribution < -0.4 is 0 Å². The van der Waals surface area contributed by atoms with Crippen molar-refractivity contribution in [1.82, 2.24) is 0 Å². The van der Waals surface area contributed by atoms with Gasteiger partial charge in [0.05, 0.1) is 7.11 Å². The summed E-state index contributed by atoms with van der Waals surface area (Å²) in [6.07, 6.45) is -0.896. The number of carbonyl (C=O) groups excluding carboxylic acids is 2. The first kappa shape index (κ1) is 14.0. The van der Waals surface area contributed by atoms with Crippen LogP contribution in [0.1, 0.15) is 13.8 Å². The Morgan fingerprint density at radius 3 is 1.93 bits per heavy atom. The zero-order chi connectivity index (χ0) is 12.3. The van der Waals surface area contributed by atoms with Gasteiger partial charge in [-0.15, -0.1) is 0 Å². The molecule has 0 radical (unpaired) electrons. The fourth-order valence-corrected chi connectivity index (χ4v) is 1.49. The van der Waals surface area contributed by atoms with Gasteiger partial charge < -0.3 is 13.9 Å². The Labute approximate surface area is 90.8 Å². The summed E-state index contributed by atoms with van der Waals surface area (Å²) in [5.74, 6) is -0.549. The van der Waals surface area contributed by atoms with E-state index in [2.05, 4.69) is 4.74 Å². The summed E-state index contributed by atoms with van der Waals surface area (Å²) in [5, 5.41) is 0. The van der Waals surface area contributed by atoms with Crippen molar-refractivity contribution in [3.8, 4) is 0 Å². The Morgan fingerprint density at radius 1 is 1.13 bits per heavy atom. The molecule has 5 nitrogen and oxygen atoms in total. The van der Waals surface area contributed by atoms with Crippen LogP contribution in [0.5, 0.6) is 0 Å². The maximum absolute atomic E-state index is 11.6. The third-order valence-electron chi connectivity index (χ3n) is 1.40. The lowest BCUT2D eigenvalue weighted by molar-refractivity contribution is -0.154. The highest BCUT2D eigenvalue weighted by Crippen LogP contribution is 2.16. The molecule has 0 atom stereocenters. The van der Waals surface area contributed by atoms with E-state index >= 15 is 0 Å². The average Bonchev–Trinajstić information content (AvgIpc) is 2.00. The first-order valence-corrected chi connectivity index (χ1v) is 8.00. The van der Waals surface area contributed by atoms with Crippen LogP contribution in [0.3, 0.4) is 0 Å². The molecule has 0 N–H and O–H groups in total. The molecule has 0 rings (SSSR count).